The molecule has 2 heterocycles. The summed E-state index contributed by atoms with van der Waals surface area (Å²) in [5.41, 5.74) is 1.40. The second-order valence-corrected chi connectivity index (χ2v) is 10.4. The number of hydrogen-bond acceptors (Lipinski definition) is 4. The van der Waals surface area contributed by atoms with Gasteiger partial charge in [-0.05, 0) is 67.5 Å². The number of benzene rings is 2. The number of imidazole rings is 1. The molecule has 1 spiro atoms. The van der Waals surface area contributed by atoms with E-state index in [2.05, 4.69) is 22.1 Å². The van der Waals surface area contributed by atoms with Gasteiger partial charge in [0.1, 0.15) is 17.3 Å². The standard InChI is InChI=1S/C29H28ClFN4O3/c1-2-3-20(19-4-7-22(36)8-5-19)14-27(37)33-26-16-29(26)10-12-34(13-11-29)28(38)25-17-32-18-35(25)24-9-6-21(30)15-23(24)31/h4-9,15,17-18,20,26,36H,10-14,16H2,1H3,(H,33,37)/t20-,26?/m0/s1. The number of carbonyl (C=O) groups excluding carboxylic acids is 2. The molecule has 9 heteroatoms. The molecule has 196 valence electrons. The topological polar surface area (TPSA) is 87.5 Å². The number of likely N-dealkylation sites (tertiary alicyclic amines) is 1. The second-order valence-electron chi connectivity index (χ2n) is 9.97. The third kappa shape index (κ3) is 5.25. The molecule has 38 heavy (non-hydrogen) atoms. The van der Waals surface area contributed by atoms with Crippen molar-refractivity contribution in [2.24, 2.45) is 5.41 Å². The highest BCUT2D eigenvalue weighted by atomic mass is 35.5. The second kappa shape index (κ2) is 10.5. The fourth-order valence-corrected chi connectivity index (χ4v) is 5.47. The van der Waals surface area contributed by atoms with Gasteiger partial charge in [-0.25, -0.2) is 9.37 Å². The first kappa shape index (κ1) is 25.8. The van der Waals surface area contributed by atoms with E-state index < -0.39 is 5.82 Å². The van der Waals surface area contributed by atoms with Crippen molar-refractivity contribution in [1.82, 2.24) is 19.8 Å². The average molecular weight is 535 g/mol. The minimum atomic E-state index is -0.531. The number of rotatable bonds is 6. The summed E-state index contributed by atoms with van der Waals surface area (Å²) in [6.07, 6.45) is 5.56. The summed E-state index contributed by atoms with van der Waals surface area (Å²) in [6.45, 7) is 2.85. The van der Waals surface area contributed by atoms with Gasteiger partial charge in [0.05, 0.1) is 24.1 Å². The summed E-state index contributed by atoms with van der Waals surface area (Å²) in [5, 5.41) is 13.0. The Bertz CT molecular complexity index is 1420. The quantitative estimate of drug-likeness (QED) is 0.450. The van der Waals surface area contributed by atoms with E-state index in [4.69, 9.17) is 11.6 Å². The van der Waals surface area contributed by atoms with Crippen molar-refractivity contribution in [3.8, 4) is 23.3 Å². The van der Waals surface area contributed by atoms with Crippen LogP contribution in [-0.2, 0) is 4.79 Å². The number of nitrogens with zero attached hydrogens (tertiary/aromatic N) is 3. The molecule has 0 radical (unpaired) electrons. The molecule has 1 saturated heterocycles. The van der Waals surface area contributed by atoms with Gasteiger partial charge < -0.3 is 15.3 Å². The van der Waals surface area contributed by atoms with Gasteiger partial charge in [-0.15, -0.1) is 5.92 Å². The largest absolute Gasteiger partial charge is 0.508 e. The van der Waals surface area contributed by atoms with Gasteiger partial charge in [-0.1, -0.05) is 29.7 Å². The van der Waals surface area contributed by atoms with E-state index in [1.807, 2.05) is 0 Å². The smallest absolute Gasteiger partial charge is 0.272 e. The number of halogens is 2. The lowest BCUT2D eigenvalue weighted by molar-refractivity contribution is -0.121. The van der Waals surface area contributed by atoms with Gasteiger partial charge in [0, 0.05) is 30.6 Å². The van der Waals surface area contributed by atoms with Gasteiger partial charge in [-0.2, -0.15) is 0 Å². The number of aromatic hydroxyl groups is 1. The number of amides is 2. The minimum Gasteiger partial charge on any atom is -0.508 e. The van der Waals surface area contributed by atoms with E-state index in [9.17, 15) is 19.1 Å². The molecule has 1 saturated carbocycles. The van der Waals surface area contributed by atoms with Gasteiger partial charge in [0.2, 0.25) is 5.91 Å². The molecule has 2 fully saturated rings. The zero-order valence-electron chi connectivity index (χ0n) is 21.0. The predicted molar refractivity (Wildman–Crippen MR) is 142 cm³/mol. The Hall–Kier alpha value is -3.83. The molecule has 2 atom stereocenters. The summed E-state index contributed by atoms with van der Waals surface area (Å²) in [6, 6.07) is 11.2. The molecule has 1 aliphatic carbocycles. The Morgan fingerprint density at radius 1 is 1.24 bits per heavy atom. The number of hydrogen-bond donors (Lipinski definition) is 2. The van der Waals surface area contributed by atoms with Crippen LogP contribution in [0.4, 0.5) is 4.39 Å². The Balaban J connectivity index is 1.17. The molecule has 3 aromatic rings. The fourth-order valence-electron chi connectivity index (χ4n) is 5.32. The Kier molecular flexibility index (Phi) is 7.13. The van der Waals surface area contributed by atoms with Gasteiger partial charge >= 0.3 is 0 Å². The van der Waals surface area contributed by atoms with Crippen LogP contribution >= 0.6 is 11.6 Å². The molecule has 2 aliphatic rings. The molecular weight excluding hydrogens is 507 g/mol. The molecule has 2 amide bonds. The van der Waals surface area contributed by atoms with Crippen molar-refractivity contribution in [2.75, 3.05) is 13.1 Å². The number of aromatic nitrogens is 2. The summed E-state index contributed by atoms with van der Waals surface area (Å²) in [5.74, 6) is 5.13. The van der Waals surface area contributed by atoms with Gasteiger partial charge in [0.25, 0.3) is 5.91 Å². The fraction of sp³-hybridized carbons (Fsp3) is 0.345. The highest BCUT2D eigenvalue weighted by Gasteiger charge is 2.56. The van der Waals surface area contributed by atoms with Crippen LogP contribution in [-0.4, -0.2) is 50.5 Å². The lowest BCUT2D eigenvalue weighted by Gasteiger charge is -2.33. The van der Waals surface area contributed by atoms with Gasteiger partial charge in [-0.3, -0.25) is 14.2 Å². The van der Waals surface area contributed by atoms with Crippen molar-refractivity contribution in [2.45, 2.75) is 44.6 Å². The van der Waals surface area contributed by atoms with Crippen LogP contribution in [0.15, 0.2) is 55.0 Å². The molecule has 5 rings (SSSR count). The first-order chi connectivity index (χ1) is 18.3. The van der Waals surface area contributed by atoms with Crippen LogP contribution < -0.4 is 5.32 Å². The van der Waals surface area contributed by atoms with E-state index in [-0.39, 0.29) is 52.1 Å². The van der Waals surface area contributed by atoms with Crippen molar-refractivity contribution >= 4 is 23.4 Å². The maximum Gasteiger partial charge on any atom is 0.272 e. The van der Waals surface area contributed by atoms with Crippen LogP contribution in [0.5, 0.6) is 5.75 Å². The van der Waals surface area contributed by atoms with Crippen LogP contribution in [0.2, 0.25) is 5.02 Å². The summed E-state index contributed by atoms with van der Waals surface area (Å²) in [4.78, 5) is 32.0. The highest BCUT2D eigenvalue weighted by molar-refractivity contribution is 6.30. The molecule has 2 aromatic carbocycles. The SMILES string of the molecule is CC#C[C@@H](CC(=O)NC1CC12CCN(C(=O)c1cncn1-c1ccc(Cl)cc1F)CC2)c1ccc(O)cc1. The van der Waals surface area contributed by atoms with Crippen LogP contribution in [0.25, 0.3) is 5.69 Å². The third-order valence-electron chi connectivity index (χ3n) is 7.60. The van der Waals surface area contributed by atoms with Crippen LogP contribution in [0.1, 0.15) is 54.6 Å². The first-order valence-corrected chi connectivity index (χ1v) is 12.9. The van der Waals surface area contributed by atoms with E-state index in [1.165, 1.54) is 29.2 Å². The minimum absolute atomic E-state index is 0.000556. The van der Waals surface area contributed by atoms with Gasteiger partial charge in [0.15, 0.2) is 0 Å². The highest BCUT2D eigenvalue weighted by Crippen LogP contribution is 2.54. The average Bonchev–Trinajstić information content (AvgIpc) is 3.30. The number of phenols is 1. The number of piperidine rings is 1. The molecule has 1 aromatic heterocycles. The Morgan fingerprint density at radius 3 is 2.66 bits per heavy atom. The lowest BCUT2D eigenvalue weighted by atomic mass is 9.92. The van der Waals surface area contributed by atoms with E-state index >= 15 is 0 Å². The maximum atomic E-state index is 14.5. The maximum absolute atomic E-state index is 14.5. The third-order valence-corrected chi connectivity index (χ3v) is 7.84. The number of carbonyl (C=O) groups is 2. The van der Waals surface area contributed by atoms with Crippen molar-refractivity contribution < 1.29 is 19.1 Å². The van der Waals surface area contributed by atoms with E-state index in [1.54, 1.807) is 42.2 Å². The van der Waals surface area contributed by atoms with Crippen LogP contribution in [0.3, 0.4) is 0 Å². The lowest BCUT2D eigenvalue weighted by Crippen LogP contribution is -2.42. The summed E-state index contributed by atoms with van der Waals surface area (Å²) < 4.78 is 15.9. The van der Waals surface area contributed by atoms with Crippen molar-refractivity contribution in [3.63, 3.8) is 0 Å². The molecule has 7 nitrogen and oxygen atoms in total. The van der Waals surface area contributed by atoms with Crippen molar-refractivity contribution in [3.05, 3.63) is 77.1 Å². The monoisotopic (exact) mass is 534 g/mol. The van der Waals surface area contributed by atoms with E-state index in [0.29, 0.717) is 18.8 Å². The molecule has 2 N–H and O–H groups in total. The zero-order valence-corrected chi connectivity index (χ0v) is 21.7. The molecule has 1 aliphatic heterocycles. The number of phenolic OH excluding ortho intramolecular Hbond substituents is 1. The normalized spacial score (nSPS) is 18.4. The molecule has 1 unspecified atom stereocenters. The molecule has 0 bridgehead atoms. The van der Waals surface area contributed by atoms with E-state index in [0.717, 1.165) is 24.8 Å². The molecular formula is C29H28ClFN4O3. The number of nitrogens with one attached hydrogen (secondary N) is 1. The predicted octanol–water partition coefficient (Wildman–Crippen LogP) is 4.68. The summed E-state index contributed by atoms with van der Waals surface area (Å²) in [7, 11) is 0. The summed E-state index contributed by atoms with van der Waals surface area (Å²) >= 11 is 5.87. The Labute approximate surface area is 225 Å². The Morgan fingerprint density at radius 2 is 1.97 bits per heavy atom. The zero-order chi connectivity index (χ0) is 26.9. The van der Waals surface area contributed by atoms with Crippen LogP contribution in [0, 0.1) is 23.1 Å². The van der Waals surface area contributed by atoms with Crippen molar-refractivity contribution in [1.29, 1.82) is 0 Å². The first-order valence-electron chi connectivity index (χ1n) is 12.6.